The summed E-state index contributed by atoms with van der Waals surface area (Å²) >= 11 is 0. The van der Waals surface area contributed by atoms with Crippen molar-refractivity contribution in [3.8, 4) is 5.75 Å². The third-order valence-corrected chi connectivity index (χ3v) is 3.43. The first-order valence-corrected chi connectivity index (χ1v) is 7.47. The van der Waals surface area contributed by atoms with Crippen molar-refractivity contribution in [3.05, 3.63) is 106 Å². The van der Waals surface area contributed by atoms with Crippen LogP contribution < -0.4 is 4.74 Å². The first kappa shape index (κ1) is 15.5. The van der Waals surface area contributed by atoms with Gasteiger partial charge >= 0.3 is 0 Å². The Morgan fingerprint density at radius 1 is 0.833 bits per heavy atom. The molecule has 4 nitrogen and oxygen atoms in total. The highest BCUT2D eigenvalue weighted by molar-refractivity contribution is 5.78. The van der Waals surface area contributed by atoms with Crippen LogP contribution in [0.2, 0.25) is 0 Å². The highest BCUT2D eigenvalue weighted by atomic mass is 16.6. The van der Waals surface area contributed by atoms with Gasteiger partial charge in [0.1, 0.15) is 11.5 Å². The van der Waals surface area contributed by atoms with Crippen LogP contribution in [0.25, 0.3) is 11.8 Å². The molecule has 3 aromatic rings. The fraction of sp³-hybridized carbons (Fsp3) is 0. The van der Waals surface area contributed by atoms with E-state index in [1.54, 1.807) is 12.1 Å². The third kappa shape index (κ3) is 3.87. The fourth-order valence-electron chi connectivity index (χ4n) is 2.23. The molecule has 0 unspecified atom stereocenters. The van der Waals surface area contributed by atoms with E-state index in [-0.39, 0.29) is 5.69 Å². The van der Waals surface area contributed by atoms with E-state index < -0.39 is 4.92 Å². The van der Waals surface area contributed by atoms with E-state index in [2.05, 4.69) is 0 Å². The minimum atomic E-state index is -0.411. The van der Waals surface area contributed by atoms with Crippen molar-refractivity contribution >= 4 is 17.5 Å². The van der Waals surface area contributed by atoms with E-state index >= 15 is 0 Å². The summed E-state index contributed by atoms with van der Waals surface area (Å²) in [7, 11) is 0. The molecule has 0 aromatic heterocycles. The fourth-order valence-corrected chi connectivity index (χ4v) is 2.23. The average Bonchev–Trinajstić information content (AvgIpc) is 2.63. The number of para-hydroxylation sites is 1. The van der Waals surface area contributed by atoms with Crippen molar-refractivity contribution < 1.29 is 9.66 Å². The lowest BCUT2D eigenvalue weighted by Gasteiger charge is -2.10. The van der Waals surface area contributed by atoms with E-state index in [4.69, 9.17) is 4.74 Å². The number of benzene rings is 3. The van der Waals surface area contributed by atoms with Crippen LogP contribution in [0.5, 0.6) is 5.75 Å². The molecule has 0 spiro atoms. The minimum absolute atomic E-state index is 0.0670. The van der Waals surface area contributed by atoms with Crippen molar-refractivity contribution in [2.24, 2.45) is 0 Å². The normalized spacial score (nSPS) is 11.1. The summed E-state index contributed by atoms with van der Waals surface area (Å²) in [6, 6.07) is 25.6. The summed E-state index contributed by atoms with van der Waals surface area (Å²) in [5.74, 6) is 1.41. The molecule has 0 amide bonds. The van der Waals surface area contributed by atoms with Gasteiger partial charge in [0, 0.05) is 17.7 Å². The second-order valence-corrected chi connectivity index (χ2v) is 5.14. The first-order chi connectivity index (χ1) is 11.7. The summed E-state index contributed by atoms with van der Waals surface area (Å²) in [5, 5.41) is 10.8. The number of non-ortho nitro benzene ring substituents is 1. The van der Waals surface area contributed by atoms with Crippen LogP contribution in [0.15, 0.2) is 84.9 Å². The molecule has 0 saturated heterocycles. The van der Waals surface area contributed by atoms with Crippen molar-refractivity contribution in [1.29, 1.82) is 0 Å². The van der Waals surface area contributed by atoms with E-state index in [0.717, 1.165) is 16.9 Å². The van der Waals surface area contributed by atoms with Gasteiger partial charge in [0.05, 0.1) is 4.92 Å². The predicted octanol–water partition coefficient (Wildman–Crippen LogP) is 5.17. The lowest BCUT2D eigenvalue weighted by atomic mass is 10.1. The molecule has 0 aliphatic heterocycles. The summed E-state index contributed by atoms with van der Waals surface area (Å²) in [6.07, 6.45) is 1.87. The standard InChI is InChI=1S/C20H15NO3/c22-21(23)18-13-11-16(12-14-18)15-20(17-7-3-1-4-8-17)24-19-9-5-2-6-10-19/h1-15H/b20-15+. The van der Waals surface area contributed by atoms with Gasteiger partial charge in [0.25, 0.3) is 5.69 Å². The zero-order valence-corrected chi connectivity index (χ0v) is 12.8. The van der Waals surface area contributed by atoms with Gasteiger partial charge in [0.15, 0.2) is 0 Å². The Bertz CT molecular complexity index is 841. The smallest absolute Gasteiger partial charge is 0.269 e. The van der Waals surface area contributed by atoms with Gasteiger partial charge in [-0.25, -0.2) is 0 Å². The number of nitro benzene ring substituents is 1. The van der Waals surface area contributed by atoms with Gasteiger partial charge in [-0.15, -0.1) is 0 Å². The van der Waals surface area contributed by atoms with E-state index in [0.29, 0.717) is 5.76 Å². The molecule has 0 aliphatic carbocycles. The van der Waals surface area contributed by atoms with Gasteiger partial charge in [-0.05, 0) is 35.9 Å². The van der Waals surface area contributed by atoms with Crippen LogP contribution in [0.1, 0.15) is 11.1 Å². The molecule has 0 radical (unpaired) electrons. The summed E-state index contributed by atoms with van der Waals surface area (Å²) in [4.78, 5) is 10.4. The van der Waals surface area contributed by atoms with E-state index in [9.17, 15) is 10.1 Å². The predicted molar refractivity (Wildman–Crippen MR) is 94.5 cm³/mol. The monoisotopic (exact) mass is 317 g/mol. The van der Waals surface area contributed by atoms with Crippen LogP contribution >= 0.6 is 0 Å². The SMILES string of the molecule is O=[N+]([O-])c1ccc(/C=C(/Oc2ccccc2)c2ccccc2)cc1. The third-order valence-electron chi connectivity index (χ3n) is 3.43. The number of ether oxygens (including phenoxy) is 1. The molecule has 3 aromatic carbocycles. The molecule has 118 valence electrons. The Balaban J connectivity index is 1.96. The van der Waals surface area contributed by atoms with Gasteiger partial charge in [0.2, 0.25) is 0 Å². The van der Waals surface area contributed by atoms with Crippen LogP contribution in [0, 0.1) is 10.1 Å². The average molecular weight is 317 g/mol. The molecule has 0 N–H and O–H groups in total. The van der Waals surface area contributed by atoms with Crippen LogP contribution in [0.4, 0.5) is 5.69 Å². The molecule has 3 rings (SSSR count). The maximum absolute atomic E-state index is 10.8. The van der Waals surface area contributed by atoms with Crippen LogP contribution in [0.3, 0.4) is 0 Å². The molecule has 0 fully saturated rings. The maximum atomic E-state index is 10.8. The lowest BCUT2D eigenvalue weighted by Crippen LogP contribution is -1.95. The van der Waals surface area contributed by atoms with Gasteiger partial charge in [-0.2, -0.15) is 0 Å². The second kappa shape index (κ2) is 7.24. The van der Waals surface area contributed by atoms with Crippen LogP contribution in [-0.2, 0) is 0 Å². The molecular formula is C20H15NO3. The zero-order chi connectivity index (χ0) is 16.8. The number of hydrogen-bond donors (Lipinski definition) is 0. The number of nitrogens with zero attached hydrogens (tertiary/aromatic N) is 1. The molecular weight excluding hydrogens is 302 g/mol. The Morgan fingerprint density at radius 2 is 1.42 bits per heavy atom. The summed E-state index contributed by atoms with van der Waals surface area (Å²) in [6.45, 7) is 0. The van der Waals surface area contributed by atoms with Crippen LogP contribution in [-0.4, -0.2) is 4.92 Å². The first-order valence-electron chi connectivity index (χ1n) is 7.47. The Kier molecular flexibility index (Phi) is 4.68. The van der Waals surface area contributed by atoms with E-state index in [1.807, 2.05) is 66.7 Å². The molecule has 4 heteroatoms. The number of hydrogen-bond acceptors (Lipinski definition) is 3. The molecule has 0 atom stereocenters. The Hall–Kier alpha value is -3.40. The number of nitro groups is 1. The van der Waals surface area contributed by atoms with Gasteiger partial charge in [-0.1, -0.05) is 48.5 Å². The summed E-state index contributed by atoms with van der Waals surface area (Å²) in [5.41, 5.74) is 1.83. The van der Waals surface area contributed by atoms with Gasteiger partial charge < -0.3 is 4.74 Å². The minimum Gasteiger partial charge on any atom is -0.457 e. The topological polar surface area (TPSA) is 52.4 Å². The van der Waals surface area contributed by atoms with Crippen molar-refractivity contribution in [1.82, 2.24) is 0 Å². The molecule has 24 heavy (non-hydrogen) atoms. The molecule has 0 aliphatic rings. The quantitative estimate of drug-likeness (QED) is 0.282. The molecule has 0 heterocycles. The zero-order valence-electron chi connectivity index (χ0n) is 12.8. The van der Waals surface area contributed by atoms with Crippen molar-refractivity contribution in [3.63, 3.8) is 0 Å². The molecule has 0 saturated carbocycles. The second-order valence-electron chi connectivity index (χ2n) is 5.14. The van der Waals surface area contributed by atoms with E-state index in [1.165, 1.54) is 12.1 Å². The lowest BCUT2D eigenvalue weighted by molar-refractivity contribution is -0.384. The van der Waals surface area contributed by atoms with Gasteiger partial charge in [-0.3, -0.25) is 10.1 Å². The molecule has 0 bridgehead atoms. The highest BCUT2D eigenvalue weighted by Crippen LogP contribution is 2.24. The Morgan fingerprint density at radius 3 is 2.00 bits per heavy atom. The number of rotatable bonds is 5. The summed E-state index contributed by atoms with van der Waals surface area (Å²) < 4.78 is 6.01. The van der Waals surface area contributed by atoms with Crippen molar-refractivity contribution in [2.75, 3.05) is 0 Å². The Labute approximate surface area is 139 Å². The largest absolute Gasteiger partial charge is 0.457 e. The maximum Gasteiger partial charge on any atom is 0.269 e. The van der Waals surface area contributed by atoms with Crippen molar-refractivity contribution in [2.45, 2.75) is 0 Å². The highest BCUT2D eigenvalue weighted by Gasteiger charge is 2.07.